The van der Waals surface area contributed by atoms with E-state index in [0.717, 1.165) is 16.7 Å². The molecule has 9 heteroatoms. The number of nitrogens with one attached hydrogen (secondary N) is 1. The Kier molecular flexibility index (Phi) is 7.87. The minimum atomic E-state index is -0.610. The van der Waals surface area contributed by atoms with Crippen molar-refractivity contribution in [3.05, 3.63) is 105 Å². The molecule has 4 aromatic rings. The molecule has 184 valence electrons. The van der Waals surface area contributed by atoms with Gasteiger partial charge in [-0.25, -0.2) is 4.98 Å². The number of nitriles is 1. The van der Waals surface area contributed by atoms with Crippen molar-refractivity contribution >= 4 is 40.6 Å². The van der Waals surface area contributed by atoms with E-state index < -0.39 is 10.2 Å². The van der Waals surface area contributed by atoms with Crippen molar-refractivity contribution in [2.45, 2.75) is 24.1 Å². The molecule has 0 saturated heterocycles. The summed E-state index contributed by atoms with van der Waals surface area (Å²) < 4.78 is 0. The van der Waals surface area contributed by atoms with Gasteiger partial charge in [-0.1, -0.05) is 65.3 Å². The second-order valence-corrected chi connectivity index (χ2v) is 10.0. The summed E-state index contributed by atoms with van der Waals surface area (Å²) in [5, 5.41) is 24.1. The lowest BCUT2D eigenvalue weighted by Crippen LogP contribution is -2.22. The number of halogens is 1. The van der Waals surface area contributed by atoms with Gasteiger partial charge in [0.25, 0.3) is 5.69 Å². The zero-order chi connectivity index (χ0) is 26.5. The first-order chi connectivity index (χ1) is 17.7. The molecule has 0 aliphatic carbocycles. The van der Waals surface area contributed by atoms with E-state index in [1.165, 1.54) is 36.0 Å². The molecule has 1 amide bonds. The highest BCUT2D eigenvalue weighted by Crippen LogP contribution is 2.36. The topological polar surface area (TPSA) is 109 Å². The average Bonchev–Trinajstić information content (AvgIpc) is 2.89. The van der Waals surface area contributed by atoms with Gasteiger partial charge in [0.1, 0.15) is 11.1 Å². The summed E-state index contributed by atoms with van der Waals surface area (Å²) in [6.45, 7) is 3.72. The van der Waals surface area contributed by atoms with Crippen LogP contribution in [0.25, 0.3) is 22.4 Å². The number of nitro benzene ring substituents is 1. The third kappa shape index (κ3) is 6.15. The third-order valence-corrected chi connectivity index (χ3v) is 6.94. The number of hydrogen-bond donors (Lipinski definition) is 1. The Bertz CT molecular complexity index is 1500. The van der Waals surface area contributed by atoms with Crippen LogP contribution in [-0.4, -0.2) is 21.1 Å². The lowest BCUT2D eigenvalue weighted by molar-refractivity contribution is -0.384. The summed E-state index contributed by atoms with van der Waals surface area (Å²) in [7, 11) is 0. The minimum absolute atomic E-state index is 0.0639. The number of aromatic nitrogens is 1. The van der Waals surface area contributed by atoms with Crippen LogP contribution < -0.4 is 5.32 Å². The van der Waals surface area contributed by atoms with Gasteiger partial charge < -0.3 is 5.32 Å². The van der Waals surface area contributed by atoms with E-state index in [1.807, 2.05) is 49.4 Å². The number of aryl methyl sites for hydroxylation is 1. The average molecular weight is 529 g/mol. The molecule has 0 fully saturated rings. The molecule has 3 aromatic carbocycles. The molecule has 1 unspecified atom stereocenters. The molecule has 0 aliphatic rings. The van der Waals surface area contributed by atoms with Gasteiger partial charge in [0.2, 0.25) is 5.91 Å². The summed E-state index contributed by atoms with van der Waals surface area (Å²) in [6.07, 6.45) is 0. The van der Waals surface area contributed by atoms with Crippen LogP contribution in [0.4, 0.5) is 11.4 Å². The molecule has 0 bridgehead atoms. The van der Waals surface area contributed by atoms with Crippen molar-refractivity contribution in [2.24, 2.45) is 0 Å². The van der Waals surface area contributed by atoms with Crippen molar-refractivity contribution in [3.63, 3.8) is 0 Å². The van der Waals surface area contributed by atoms with Crippen LogP contribution in [0.15, 0.2) is 83.9 Å². The predicted octanol–water partition coefficient (Wildman–Crippen LogP) is 7.28. The number of anilines is 1. The van der Waals surface area contributed by atoms with Crippen molar-refractivity contribution in [1.29, 1.82) is 5.26 Å². The van der Waals surface area contributed by atoms with E-state index >= 15 is 0 Å². The molecule has 0 radical (unpaired) electrons. The number of thioether (sulfide) groups is 1. The summed E-state index contributed by atoms with van der Waals surface area (Å²) in [5.41, 5.74) is 4.90. The van der Waals surface area contributed by atoms with E-state index in [0.29, 0.717) is 32.6 Å². The fraction of sp³-hybridized carbons (Fsp3) is 0.107. The standard InChI is InChI=1S/C28H21ClN4O3S/c1-17-3-5-20(6-4-17)26-15-24(19-7-9-21(29)10-8-19)25(16-30)28(32-26)37-18(2)27(34)31-22-11-13-23(14-12-22)33(35)36/h3-15,18H,1-2H3,(H,31,34). The first-order valence-electron chi connectivity index (χ1n) is 11.2. The largest absolute Gasteiger partial charge is 0.325 e. The number of nitrogens with zero attached hydrogens (tertiary/aromatic N) is 3. The van der Waals surface area contributed by atoms with Gasteiger partial charge in [0.15, 0.2) is 0 Å². The number of pyridine rings is 1. The quantitative estimate of drug-likeness (QED) is 0.153. The maximum Gasteiger partial charge on any atom is 0.269 e. The number of non-ortho nitro benzene ring substituents is 1. The lowest BCUT2D eigenvalue weighted by Gasteiger charge is -2.16. The van der Waals surface area contributed by atoms with Crippen LogP contribution in [-0.2, 0) is 4.79 Å². The van der Waals surface area contributed by atoms with Gasteiger partial charge in [-0.05, 0) is 49.7 Å². The Morgan fingerprint density at radius 3 is 2.27 bits per heavy atom. The highest BCUT2D eigenvalue weighted by molar-refractivity contribution is 8.00. The summed E-state index contributed by atoms with van der Waals surface area (Å²) in [4.78, 5) is 28.1. The van der Waals surface area contributed by atoms with Gasteiger partial charge >= 0.3 is 0 Å². The van der Waals surface area contributed by atoms with Crippen LogP contribution in [0.1, 0.15) is 18.1 Å². The number of nitro groups is 1. The Hall–Kier alpha value is -4.19. The predicted molar refractivity (Wildman–Crippen MR) is 147 cm³/mol. The van der Waals surface area contributed by atoms with Crippen LogP contribution in [0, 0.1) is 28.4 Å². The van der Waals surface area contributed by atoms with Crippen molar-refractivity contribution in [2.75, 3.05) is 5.32 Å². The molecule has 1 aromatic heterocycles. The molecule has 0 aliphatic heterocycles. The van der Waals surface area contributed by atoms with Crippen LogP contribution in [0.3, 0.4) is 0 Å². The smallest absolute Gasteiger partial charge is 0.269 e. The van der Waals surface area contributed by atoms with Crippen LogP contribution in [0.5, 0.6) is 0 Å². The molecule has 0 spiro atoms. The molecule has 37 heavy (non-hydrogen) atoms. The van der Waals surface area contributed by atoms with Gasteiger partial charge in [0, 0.05) is 34.0 Å². The lowest BCUT2D eigenvalue weighted by atomic mass is 9.99. The van der Waals surface area contributed by atoms with Crippen molar-refractivity contribution in [1.82, 2.24) is 4.98 Å². The molecular weight excluding hydrogens is 508 g/mol. The second-order valence-electron chi connectivity index (χ2n) is 8.27. The number of amides is 1. The van der Waals surface area contributed by atoms with Crippen molar-refractivity contribution < 1.29 is 9.72 Å². The van der Waals surface area contributed by atoms with Gasteiger partial charge in [-0.2, -0.15) is 5.26 Å². The molecular formula is C28H21ClN4O3S. The number of rotatable bonds is 7. The number of carbonyl (C=O) groups excluding carboxylic acids is 1. The van der Waals surface area contributed by atoms with E-state index in [-0.39, 0.29) is 11.6 Å². The van der Waals surface area contributed by atoms with Crippen LogP contribution in [0.2, 0.25) is 5.02 Å². The second kappa shape index (κ2) is 11.2. The molecule has 0 saturated carbocycles. The minimum Gasteiger partial charge on any atom is -0.325 e. The monoisotopic (exact) mass is 528 g/mol. The Balaban J connectivity index is 1.69. The SMILES string of the molecule is Cc1ccc(-c2cc(-c3ccc(Cl)cc3)c(C#N)c(SC(C)C(=O)Nc3ccc([N+](=O)[O-])cc3)n2)cc1. The number of benzene rings is 3. The van der Waals surface area contributed by atoms with E-state index in [9.17, 15) is 20.2 Å². The number of hydrogen-bond acceptors (Lipinski definition) is 6. The van der Waals surface area contributed by atoms with E-state index in [1.54, 1.807) is 19.1 Å². The zero-order valence-corrected chi connectivity index (χ0v) is 21.5. The highest BCUT2D eigenvalue weighted by atomic mass is 35.5. The molecule has 7 nitrogen and oxygen atoms in total. The van der Waals surface area contributed by atoms with E-state index in [4.69, 9.17) is 16.6 Å². The van der Waals surface area contributed by atoms with Gasteiger partial charge in [-0.15, -0.1) is 0 Å². The Morgan fingerprint density at radius 2 is 1.68 bits per heavy atom. The first kappa shape index (κ1) is 25.9. The first-order valence-corrected chi connectivity index (χ1v) is 12.5. The normalized spacial score (nSPS) is 11.4. The molecule has 1 N–H and O–H groups in total. The summed E-state index contributed by atoms with van der Waals surface area (Å²) >= 11 is 7.26. The molecule has 1 heterocycles. The van der Waals surface area contributed by atoms with Gasteiger partial charge in [-0.3, -0.25) is 14.9 Å². The fourth-order valence-corrected chi connectivity index (χ4v) is 4.63. The van der Waals surface area contributed by atoms with E-state index in [2.05, 4.69) is 11.4 Å². The van der Waals surface area contributed by atoms with Crippen molar-refractivity contribution in [3.8, 4) is 28.5 Å². The fourth-order valence-electron chi connectivity index (χ4n) is 3.58. The Morgan fingerprint density at radius 1 is 1.05 bits per heavy atom. The maximum absolute atomic E-state index is 12.9. The number of carbonyl (C=O) groups is 1. The summed E-state index contributed by atoms with van der Waals surface area (Å²) in [6, 6.07) is 24.9. The summed E-state index contributed by atoms with van der Waals surface area (Å²) in [5.74, 6) is -0.321. The van der Waals surface area contributed by atoms with Crippen LogP contribution >= 0.6 is 23.4 Å². The molecule has 1 atom stereocenters. The third-order valence-electron chi connectivity index (χ3n) is 5.60. The highest BCUT2D eigenvalue weighted by Gasteiger charge is 2.22. The molecule has 4 rings (SSSR count). The zero-order valence-electron chi connectivity index (χ0n) is 19.9. The Labute approximate surface area is 223 Å². The maximum atomic E-state index is 12.9. The van der Waals surface area contributed by atoms with Gasteiger partial charge in [0.05, 0.1) is 21.4 Å².